The molecule has 3 atom stereocenters. The number of carbonyl (C=O) groups excluding carboxylic acids is 1. The van der Waals surface area contributed by atoms with Gasteiger partial charge >= 0.3 is 0 Å². The minimum absolute atomic E-state index is 0.0230. The number of amides is 1. The number of carbonyl (C=O) groups is 1. The van der Waals surface area contributed by atoms with Gasteiger partial charge in [0.25, 0.3) is 0 Å². The predicted molar refractivity (Wildman–Crippen MR) is 68.2 cm³/mol. The molecule has 0 aromatic rings. The molecule has 2 aliphatic rings. The van der Waals surface area contributed by atoms with Gasteiger partial charge in [0.1, 0.15) is 0 Å². The lowest BCUT2D eigenvalue weighted by atomic mass is 9.89. The highest BCUT2D eigenvalue weighted by atomic mass is 32.1. The highest BCUT2D eigenvalue weighted by Crippen LogP contribution is 2.38. The molecule has 0 saturated carbocycles. The van der Waals surface area contributed by atoms with E-state index in [9.17, 15) is 4.79 Å². The van der Waals surface area contributed by atoms with Crippen molar-refractivity contribution in [1.82, 2.24) is 16.2 Å². The van der Waals surface area contributed by atoms with Crippen LogP contribution in [0.15, 0.2) is 0 Å². The van der Waals surface area contributed by atoms with Crippen LogP contribution in [-0.4, -0.2) is 29.3 Å². The number of hydrogen-bond donors (Lipinski definition) is 3. The van der Waals surface area contributed by atoms with E-state index in [1.807, 2.05) is 13.8 Å². The summed E-state index contributed by atoms with van der Waals surface area (Å²) >= 11 is 5.02. The van der Waals surface area contributed by atoms with Crippen LogP contribution in [0.3, 0.4) is 0 Å². The first-order chi connectivity index (χ1) is 8.06. The summed E-state index contributed by atoms with van der Waals surface area (Å²) in [4.78, 5) is 11.9. The Kier molecular flexibility index (Phi) is 3.83. The fourth-order valence-corrected chi connectivity index (χ4v) is 2.71. The largest absolute Gasteiger partial charge is 0.374 e. The Morgan fingerprint density at radius 1 is 1.35 bits per heavy atom. The second-order valence-electron chi connectivity index (χ2n) is 4.96. The lowest BCUT2D eigenvalue weighted by Crippen LogP contribution is -2.51. The minimum atomic E-state index is -0.0249. The number of ether oxygens (including phenoxy) is 1. The summed E-state index contributed by atoms with van der Waals surface area (Å²) in [5.74, 6) is -0.0480. The number of fused-ring (bicyclic) bond motifs is 2. The Hall–Kier alpha value is -0.880. The van der Waals surface area contributed by atoms with Crippen molar-refractivity contribution in [2.24, 2.45) is 5.92 Å². The van der Waals surface area contributed by atoms with Crippen molar-refractivity contribution in [2.75, 3.05) is 0 Å². The van der Waals surface area contributed by atoms with E-state index in [-0.39, 0.29) is 30.1 Å². The summed E-state index contributed by atoms with van der Waals surface area (Å²) < 4.78 is 5.64. The van der Waals surface area contributed by atoms with Crippen LogP contribution in [0.2, 0.25) is 0 Å². The molecule has 0 aromatic heterocycles. The van der Waals surface area contributed by atoms with Gasteiger partial charge < -0.3 is 10.1 Å². The monoisotopic (exact) mass is 257 g/mol. The molecule has 5 nitrogen and oxygen atoms in total. The average molecular weight is 257 g/mol. The molecule has 2 heterocycles. The topological polar surface area (TPSA) is 62.4 Å². The molecule has 96 valence electrons. The minimum Gasteiger partial charge on any atom is -0.374 e. The van der Waals surface area contributed by atoms with Crippen molar-refractivity contribution in [3.05, 3.63) is 0 Å². The third-order valence-corrected chi connectivity index (χ3v) is 3.38. The van der Waals surface area contributed by atoms with Crippen molar-refractivity contribution in [3.8, 4) is 0 Å². The van der Waals surface area contributed by atoms with E-state index in [0.717, 1.165) is 19.3 Å². The van der Waals surface area contributed by atoms with Gasteiger partial charge in [0.15, 0.2) is 5.11 Å². The van der Waals surface area contributed by atoms with Crippen LogP contribution in [0, 0.1) is 5.92 Å². The maximum atomic E-state index is 11.9. The molecule has 6 heteroatoms. The molecule has 1 amide bonds. The lowest BCUT2D eigenvalue weighted by molar-refractivity contribution is -0.127. The molecule has 17 heavy (non-hydrogen) atoms. The third-order valence-electron chi connectivity index (χ3n) is 3.16. The molecule has 2 fully saturated rings. The van der Waals surface area contributed by atoms with Crippen molar-refractivity contribution < 1.29 is 9.53 Å². The standard InChI is InChI=1S/C11H19N3O2S/c1-6(2)12-11(17)14-13-10(15)8-5-7-3-4-9(8)16-7/h6-9H,3-5H2,1-2H3,(H,13,15)(H2,12,14,17)/t7-,8+,9+/m0/s1. The summed E-state index contributed by atoms with van der Waals surface area (Å²) in [5.41, 5.74) is 5.36. The normalized spacial score (nSPS) is 30.4. The summed E-state index contributed by atoms with van der Waals surface area (Å²) in [7, 11) is 0. The summed E-state index contributed by atoms with van der Waals surface area (Å²) in [5, 5.41) is 3.44. The van der Waals surface area contributed by atoms with E-state index in [2.05, 4.69) is 16.2 Å². The maximum Gasteiger partial charge on any atom is 0.244 e. The second-order valence-corrected chi connectivity index (χ2v) is 5.37. The maximum absolute atomic E-state index is 11.9. The number of thiocarbonyl (C=S) groups is 1. The molecule has 0 radical (unpaired) electrons. The van der Waals surface area contributed by atoms with E-state index in [1.54, 1.807) is 0 Å². The zero-order valence-electron chi connectivity index (χ0n) is 10.2. The Balaban J connectivity index is 1.73. The lowest BCUT2D eigenvalue weighted by Gasteiger charge is -2.19. The van der Waals surface area contributed by atoms with Crippen molar-refractivity contribution >= 4 is 23.2 Å². The van der Waals surface area contributed by atoms with Gasteiger partial charge in [-0.05, 0) is 45.3 Å². The molecular formula is C11H19N3O2S. The number of nitrogens with one attached hydrogen (secondary N) is 3. The van der Waals surface area contributed by atoms with E-state index in [1.165, 1.54) is 0 Å². The summed E-state index contributed by atoms with van der Waals surface area (Å²) in [6.45, 7) is 3.97. The Morgan fingerprint density at radius 3 is 2.65 bits per heavy atom. The van der Waals surface area contributed by atoms with Gasteiger partial charge in [-0.15, -0.1) is 0 Å². The summed E-state index contributed by atoms with van der Waals surface area (Å²) in [6, 6.07) is 0.248. The van der Waals surface area contributed by atoms with Gasteiger partial charge in [0.2, 0.25) is 5.91 Å². The van der Waals surface area contributed by atoms with Crippen LogP contribution >= 0.6 is 12.2 Å². The number of rotatable bonds is 2. The van der Waals surface area contributed by atoms with Crippen molar-refractivity contribution in [1.29, 1.82) is 0 Å². The molecule has 0 unspecified atom stereocenters. The predicted octanol–water partition coefficient (Wildman–Crippen LogP) is 0.458. The first kappa shape index (κ1) is 12.6. The van der Waals surface area contributed by atoms with Crippen LogP contribution in [-0.2, 0) is 9.53 Å². The van der Waals surface area contributed by atoms with Gasteiger partial charge in [-0.1, -0.05) is 0 Å². The second kappa shape index (κ2) is 5.18. The zero-order chi connectivity index (χ0) is 12.4. The van der Waals surface area contributed by atoms with E-state index in [0.29, 0.717) is 5.11 Å². The van der Waals surface area contributed by atoms with Crippen LogP contribution in [0.4, 0.5) is 0 Å². The van der Waals surface area contributed by atoms with Crippen LogP contribution in [0.1, 0.15) is 33.1 Å². The Morgan fingerprint density at radius 2 is 2.12 bits per heavy atom. The summed E-state index contributed by atoms with van der Waals surface area (Å²) in [6.07, 6.45) is 3.32. The Labute approximate surface area is 107 Å². The SMILES string of the molecule is CC(C)NC(=S)NNC(=O)[C@@H]1C[C@@H]2CC[C@H]1O2. The number of hydrazine groups is 1. The van der Waals surface area contributed by atoms with Crippen molar-refractivity contribution in [2.45, 2.75) is 51.4 Å². The van der Waals surface area contributed by atoms with Gasteiger partial charge in [-0.25, -0.2) is 0 Å². The fraction of sp³-hybridized carbons (Fsp3) is 0.818. The van der Waals surface area contributed by atoms with Crippen LogP contribution < -0.4 is 16.2 Å². The Bertz CT molecular complexity index is 322. The highest BCUT2D eigenvalue weighted by molar-refractivity contribution is 7.80. The van der Waals surface area contributed by atoms with Crippen LogP contribution in [0.5, 0.6) is 0 Å². The molecule has 2 rings (SSSR count). The first-order valence-corrected chi connectivity index (χ1v) is 6.49. The molecule has 2 aliphatic heterocycles. The molecule has 0 aliphatic carbocycles. The van der Waals surface area contributed by atoms with Crippen molar-refractivity contribution in [3.63, 3.8) is 0 Å². The van der Waals surface area contributed by atoms with Gasteiger partial charge in [-0.2, -0.15) is 0 Å². The third kappa shape index (κ3) is 3.07. The molecule has 2 saturated heterocycles. The van der Waals surface area contributed by atoms with Gasteiger partial charge in [0.05, 0.1) is 18.1 Å². The van der Waals surface area contributed by atoms with E-state index < -0.39 is 0 Å². The fourth-order valence-electron chi connectivity index (χ4n) is 2.42. The van der Waals surface area contributed by atoms with Gasteiger partial charge in [0, 0.05) is 6.04 Å². The number of hydrogen-bond acceptors (Lipinski definition) is 3. The smallest absolute Gasteiger partial charge is 0.244 e. The van der Waals surface area contributed by atoms with Crippen LogP contribution in [0.25, 0.3) is 0 Å². The quantitative estimate of drug-likeness (QED) is 0.495. The van der Waals surface area contributed by atoms with Gasteiger partial charge in [-0.3, -0.25) is 15.6 Å². The molecule has 0 spiro atoms. The van der Waals surface area contributed by atoms with E-state index >= 15 is 0 Å². The molecule has 2 bridgehead atoms. The molecule has 3 N–H and O–H groups in total. The molecule has 0 aromatic carbocycles. The first-order valence-electron chi connectivity index (χ1n) is 6.08. The average Bonchev–Trinajstić information content (AvgIpc) is 2.86. The zero-order valence-corrected chi connectivity index (χ0v) is 11.0. The van der Waals surface area contributed by atoms with E-state index in [4.69, 9.17) is 17.0 Å². The highest BCUT2D eigenvalue weighted by Gasteiger charge is 2.44. The molecular weight excluding hydrogens is 238 g/mol.